The van der Waals surface area contributed by atoms with E-state index in [1.807, 2.05) is 19.1 Å². The fourth-order valence-corrected chi connectivity index (χ4v) is 1.80. The van der Waals surface area contributed by atoms with Crippen LogP contribution in [0.3, 0.4) is 0 Å². The number of aryl methyl sites for hydroxylation is 1. The molecule has 0 bridgehead atoms. The zero-order chi connectivity index (χ0) is 9.26. The first-order valence-corrected chi connectivity index (χ1v) is 4.82. The Hall–Kier alpha value is -0.890. The van der Waals surface area contributed by atoms with Gasteiger partial charge in [-0.1, -0.05) is 11.6 Å². The maximum Gasteiger partial charge on any atom is 0.145 e. The maximum atomic E-state index is 5.94. The second-order valence-corrected chi connectivity index (χ2v) is 3.66. The molecule has 0 spiro atoms. The van der Waals surface area contributed by atoms with Crippen molar-refractivity contribution >= 4 is 17.3 Å². The fourth-order valence-electron chi connectivity index (χ4n) is 1.52. The van der Waals surface area contributed by atoms with E-state index in [4.69, 9.17) is 16.3 Å². The molecule has 0 saturated heterocycles. The molecule has 1 aromatic carbocycles. The van der Waals surface area contributed by atoms with Crippen LogP contribution >= 0.6 is 11.6 Å². The fraction of sp³-hybridized carbons (Fsp3) is 0.400. The molecular formula is C10H12ClNO. The number of fused-ring (bicyclic) bond motifs is 1. The highest BCUT2D eigenvalue weighted by Gasteiger charge is 2.11. The van der Waals surface area contributed by atoms with Crippen LogP contribution in [-0.4, -0.2) is 13.2 Å². The minimum absolute atomic E-state index is 0.759. The lowest BCUT2D eigenvalue weighted by atomic mass is 10.2. The standard InChI is InChI=1S/C10H12ClNO/c1-7-5-8(11)6-9-10(7)13-4-2-3-12-9/h5-6,12H,2-4H2,1H3. The number of hydrogen-bond donors (Lipinski definition) is 1. The number of ether oxygens (including phenoxy) is 1. The molecule has 1 aromatic rings. The summed E-state index contributed by atoms with van der Waals surface area (Å²) in [5, 5.41) is 4.06. The second kappa shape index (κ2) is 3.46. The average Bonchev–Trinajstić information content (AvgIpc) is 2.28. The molecule has 1 aliphatic rings. The molecule has 2 rings (SSSR count). The zero-order valence-electron chi connectivity index (χ0n) is 7.56. The van der Waals surface area contributed by atoms with Gasteiger partial charge in [-0.15, -0.1) is 0 Å². The molecule has 0 radical (unpaired) electrons. The molecule has 2 nitrogen and oxygen atoms in total. The second-order valence-electron chi connectivity index (χ2n) is 3.23. The normalized spacial score (nSPS) is 15.2. The molecule has 0 amide bonds. The highest BCUT2D eigenvalue weighted by atomic mass is 35.5. The van der Waals surface area contributed by atoms with Crippen molar-refractivity contribution in [3.63, 3.8) is 0 Å². The van der Waals surface area contributed by atoms with Crippen LogP contribution in [0.25, 0.3) is 0 Å². The number of halogens is 1. The minimum atomic E-state index is 0.759. The average molecular weight is 198 g/mol. The van der Waals surface area contributed by atoms with E-state index in [1.54, 1.807) is 0 Å². The third kappa shape index (κ3) is 1.73. The van der Waals surface area contributed by atoms with E-state index in [-0.39, 0.29) is 0 Å². The molecule has 0 unspecified atom stereocenters. The van der Waals surface area contributed by atoms with Gasteiger partial charge in [0.15, 0.2) is 0 Å². The summed E-state index contributed by atoms with van der Waals surface area (Å²) in [7, 11) is 0. The van der Waals surface area contributed by atoms with Crippen LogP contribution in [0.4, 0.5) is 5.69 Å². The van der Waals surface area contributed by atoms with Gasteiger partial charge in [0.1, 0.15) is 5.75 Å². The Morgan fingerprint density at radius 1 is 1.46 bits per heavy atom. The largest absolute Gasteiger partial charge is 0.491 e. The van der Waals surface area contributed by atoms with Gasteiger partial charge in [0.2, 0.25) is 0 Å². The molecule has 1 aliphatic heterocycles. The monoisotopic (exact) mass is 197 g/mol. The Bertz CT molecular complexity index is 325. The highest BCUT2D eigenvalue weighted by molar-refractivity contribution is 6.31. The molecule has 0 aliphatic carbocycles. The smallest absolute Gasteiger partial charge is 0.145 e. The van der Waals surface area contributed by atoms with Crippen molar-refractivity contribution in [3.05, 3.63) is 22.7 Å². The Kier molecular flexibility index (Phi) is 2.32. The first kappa shape index (κ1) is 8.70. The van der Waals surface area contributed by atoms with Crippen molar-refractivity contribution < 1.29 is 4.74 Å². The van der Waals surface area contributed by atoms with Gasteiger partial charge in [0.05, 0.1) is 12.3 Å². The predicted octanol–water partition coefficient (Wildman–Crippen LogP) is 2.84. The SMILES string of the molecule is Cc1cc(Cl)cc2c1OCCCN2. The molecule has 0 aromatic heterocycles. The zero-order valence-corrected chi connectivity index (χ0v) is 8.32. The van der Waals surface area contributed by atoms with Gasteiger partial charge in [-0.2, -0.15) is 0 Å². The van der Waals surface area contributed by atoms with E-state index in [9.17, 15) is 0 Å². The van der Waals surface area contributed by atoms with Crippen LogP contribution in [-0.2, 0) is 0 Å². The van der Waals surface area contributed by atoms with E-state index >= 15 is 0 Å². The number of hydrogen-bond acceptors (Lipinski definition) is 2. The molecule has 0 saturated carbocycles. The molecule has 1 heterocycles. The molecule has 0 atom stereocenters. The third-order valence-corrected chi connectivity index (χ3v) is 2.34. The maximum absolute atomic E-state index is 5.94. The number of rotatable bonds is 0. The first-order valence-electron chi connectivity index (χ1n) is 4.44. The third-order valence-electron chi connectivity index (χ3n) is 2.12. The number of nitrogens with one attached hydrogen (secondary N) is 1. The van der Waals surface area contributed by atoms with Crippen LogP contribution in [0.5, 0.6) is 5.75 Å². The Balaban J connectivity index is 2.47. The summed E-state index contributed by atoms with van der Waals surface area (Å²) in [6, 6.07) is 3.84. The predicted molar refractivity (Wildman–Crippen MR) is 54.8 cm³/mol. The highest BCUT2D eigenvalue weighted by Crippen LogP contribution is 2.33. The lowest BCUT2D eigenvalue weighted by molar-refractivity contribution is 0.321. The number of benzene rings is 1. The summed E-state index contributed by atoms with van der Waals surface area (Å²) in [6.45, 7) is 3.74. The van der Waals surface area contributed by atoms with Gasteiger partial charge in [-0.3, -0.25) is 0 Å². The summed E-state index contributed by atoms with van der Waals surface area (Å²) in [5.74, 6) is 0.946. The van der Waals surface area contributed by atoms with Crippen molar-refractivity contribution in [2.75, 3.05) is 18.5 Å². The Labute approximate surface area is 82.9 Å². The summed E-state index contributed by atoms with van der Waals surface area (Å²) in [5.41, 5.74) is 2.11. The van der Waals surface area contributed by atoms with Gasteiger partial charge in [0.25, 0.3) is 0 Å². The summed E-state index contributed by atoms with van der Waals surface area (Å²) < 4.78 is 5.61. The van der Waals surface area contributed by atoms with Crippen LogP contribution in [0.15, 0.2) is 12.1 Å². The van der Waals surface area contributed by atoms with E-state index in [2.05, 4.69) is 5.32 Å². The van der Waals surface area contributed by atoms with E-state index in [1.165, 1.54) is 0 Å². The van der Waals surface area contributed by atoms with Gasteiger partial charge < -0.3 is 10.1 Å². The van der Waals surface area contributed by atoms with Crippen molar-refractivity contribution in [1.82, 2.24) is 0 Å². The molecule has 1 N–H and O–H groups in total. The van der Waals surface area contributed by atoms with Gasteiger partial charge >= 0.3 is 0 Å². The van der Waals surface area contributed by atoms with Crippen molar-refractivity contribution in [2.24, 2.45) is 0 Å². The van der Waals surface area contributed by atoms with Gasteiger partial charge in [-0.05, 0) is 31.0 Å². The lowest BCUT2D eigenvalue weighted by Crippen LogP contribution is -1.99. The molecule has 3 heteroatoms. The van der Waals surface area contributed by atoms with Crippen LogP contribution < -0.4 is 10.1 Å². The lowest BCUT2D eigenvalue weighted by Gasteiger charge is -2.10. The van der Waals surface area contributed by atoms with Gasteiger partial charge in [0, 0.05) is 11.6 Å². The number of anilines is 1. The Morgan fingerprint density at radius 2 is 2.31 bits per heavy atom. The van der Waals surface area contributed by atoms with E-state index < -0.39 is 0 Å². The minimum Gasteiger partial charge on any atom is -0.491 e. The quantitative estimate of drug-likeness (QED) is 0.691. The van der Waals surface area contributed by atoms with Crippen LogP contribution in [0.2, 0.25) is 5.02 Å². The van der Waals surface area contributed by atoms with Gasteiger partial charge in [-0.25, -0.2) is 0 Å². The van der Waals surface area contributed by atoms with E-state index in [0.717, 1.165) is 41.6 Å². The summed E-state index contributed by atoms with van der Waals surface area (Å²) >= 11 is 5.94. The van der Waals surface area contributed by atoms with Crippen molar-refractivity contribution in [1.29, 1.82) is 0 Å². The first-order chi connectivity index (χ1) is 6.27. The molecule has 0 fully saturated rings. The molecular weight excluding hydrogens is 186 g/mol. The van der Waals surface area contributed by atoms with Crippen molar-refractivity contribution in [2.45, 2.75) is 13.3 Å². The van der Waals surface area contributed by atoms with E-state index in [0.29, 0.717) is 0 Å². The molecule has 13 heavy (non-hydrogen) atoms. The van der Waals surface area contributed by atoms with Crippen molar-refractivity contribution in [3.8, 4) is 5.75 Å². The topological polar surface area (TPSA) is 21.3 Å². The van der Waals surface area contributed by atoms with Crippen LogP contribution in [0.1, 0.15) is 12.0 Å². The Morgan fingerprint density at radius 3 is 3.15 bits per heavy atom. The molecule has 70 valence electrons. The summed E-state index contributed by atoms with van der Waals surface area (Å²) in [6.07, 6.45) is 1.03. The van der Waals surface area contributed by atoms with Crippen LogP contribution in [0, 0.1) is 6.92 Å². The summed E-state index contributed by atoms with van der Waals surface area (Å²) in [4.78, 5) is 0.